The molecule has 3 heteroatoms. The van der Waals surface area contributed by atoms with Gasteiger partial charge in [0.2, 0.25) is 0 Å². The molecule has 0 aliphatic heterocycles. The van der Waals surface area contributed by atoms with Crippen molar-refractivity contribution in [1.82, 2.24) is 9.55 Å². The minimum absolute atomic E-state index is 0.491. The maximum absolute atomic E-state index is 9.92. The molecule has 0 bridgehead atoms. The van der Waals surface area contributed by atoms with E-state index in [0.717, 1.165) is 22.3 Å². The molecule has 4 aromatic rings. The molecule has 0 saturated carbocycles. The van der Waals surface area contributed by atoms with Crippen molar-refractivity contribution in [3.05, 3.63) is 126 Å². The molecular weight excluding hydrogens is 332 g/mol. The SMILES string of the molecule is CC(O)c1ccc(C(c2ccccc2)(c2ccccc2)n2ccnc2)cc1. The fourth-order valence-electron chi connectivity index (χ4n) is 3.77. The van der Waals surface area contributed by atoms with Crippen molar-refractivity contribution in [2.45, 2.75) is 18.6 Å². The monoisotopic (exact) mass is 354 g/mol. The van der Waals surface area contributed by atoms with Crippen molar-refractivity contribution < 1.29 is 5.11 Å². The van der Waals surface area contributed by atoms with Gasteiger partial charge in [0, 0.05) is 12.4 Å². The van der Waals surface area contributed by atoms with E-state index in [1.54, 1.807) is 6.92 Å². The number of aliphatic hydroxyl groups is 1. The molecule has 0 amide bonds. The van der Waals surface area contributed by atoms with Crippen LogP contribution in [0.25, 0.3) is 0 Å². The van der Waals surface area contributed by atoms with Crippen molar-refractivity contribution in [1.29, 1.82) is 0 Å². The minimum Gasteiger partial charge on any atom is -0.389 e. The highest BCUT2D eigenvalue weighted by Gasteiger charge is 2.37. The van der Waals surface area contributed by atoms with Gasteiger partial charge in [-0.15, -0.1) is 0 Å². The first-order valence-electron chi connectivity index (χ1n) is 9.11. The summed E-state index contributed by atoms with van der Waals surface area (Å²) in [5.74, 6) is 0. The van der Waals surface area contributed by atoms with Crippen LogP contribution in [0.2, 0.25) is 0 Å². The Kier molecular flexibility index (Phi) is 4.61. The van der Waals surface area contributed by atoms with Crippen molar-refractivity contribution >= 4 is 0 Å². The van der Waals surface area contributed by atoms with Crippen LogP contribution in [-0.2, 0) is 5.54 Å². The number of aromatic nitrogens is 2. The summed E-state index contributed by atoms with van der Waals surface area (Å²) in [6.07, 6.45) is 5.19. The number of benzene rings is 3. The topological polar surface area (TPSA) is 38.0 Å². The number of rotatable bonds is 5. The maximum Gasteiger partial charge on any atom is 0.121 e. The molecule has 0 saturated heterocycles. The summed E-state index contributed by atoms with van der Waals surface area (Å²) in [5.41, 5.74) is 3.77. The van der Waals surface area contributed by atoms with Gasteiger partial charge in [0.25, 0.3) is 0 Å². The molecule has 3 nitrogen and oxygen atoms in total. The lowest BCUT2D eigenvalue weighted by Crippen LogP contribution is -2.36. The Labute approximate surface area is 159 Å². The second-order valence-corrected chi connectivity index (χ2v) is 6.71. The van der Waals surface area contributed by atoms with Crippen LogP contribution in [0.1, 0.15) is 35.3 Å². The number of hydrogen-bond donors (Lipinski definition) is 1. The van der Waals surface area contributed by atoms with E-state index in [4.69, 9.17) is 0 Å². The van der Waals surface area contributed by atoms with Crippen LogP contribution in [-0.4, -0.2) is 14.7 Å². The quantitative estimate of drug-likeness (QED) is 0.524. The minimum atomic E-state index is -0.545. The van der Waals surface area contributed by atoms with Gasteiger partial charge in [0.1, 0.15) is 5.54 Å². The average Bonchev–Trinajstić information content (AvgIpc) is 3.26. The summed E-state index contributed by atoms with van der Waals surface area (Å²) in [4.78, 5) is 4.33. The van der Waals surface area contributed by atoms with Crippen molar-refractivity contribution in [2.75, 3.05) is 0 Å². The fraction of sp³-hybridized carbons (Fsp3) is 0.125. The van der Waals surface area contributed by atoms with E-state index in [1.165, 1.54) is 0 Å². The molecular formula is C24H22N2O. The molecule has 1 atom stereocenters. The first kappa shape index (κ1) is 17.3. The van der Waals surface area contributed by atoms with E-state index in [2.05, 4.69) is 70.2 Å². The second kappa shape index (κ2) is 7.22. The molecule has 1 aromatic heterocycles. The van der Waals surface area contributed by atoms with Gasteiger partial charge < -0.3 is 9.67 Å². The standard InChI is InChI=1S/C24H22N2O/c1-19(27)20-12-14-23(15-13-20)24(26-17-16-25-18-26,21-8-4-2-5-9-21)22-10-6-3-7-11-22/h2-19,27H,1H3. The van der Waals surface area contributed by atoms with Crippen LogP contribution in [0, 0.1) is 0 Å². The smallest absolute Gasteiger partial charge is 0.121 e. The summed E-state index contributed by atoms with van der Waals surface area (Å²) in [6.45, 7) is 1.78. The Morgan fingerprint density at radius 2 is 1.30 bits per heavy atom. The van der Waals surface area contributed by atoms with E-state index < -0.39 is 11.6 Å². The number of nitrogens with zero attached hydrogens (tertiary/aromatic N) is 2. The molecule has 0 radical (unpaired) electrons. The van der Waals surface area contributed by atoms with Crippen molar-refractivity contribution in [2.24, 2.45) is 0 Å². The van der Waals surface area contributed by atoms with Gasteiger partial charge in [-0.25, -0.2) is 4.98 Å². The zero-order chi connectivity index (χ0) is 18.7. The molecule has 27 heavy (non-hydrogen) atoms. The van der Waals surface area contributed by atoms with Crippen LogP contribution in [0.4, 0.5) is 0 Å². The third-order valence-electron chi connectivity index (χ3n) is 5.09. The zero-order valence-electron chi connectivity index (χ0n) is 15.2. The van der Waals surface area contributed by atoms with E-state index in [1.807, 2.05) is 43.0 Å². The highest BCUT2D eigenvalue weighted by molar-refractivity contribution is 5.51. The summed E-state index contributed by atoms with van der Waals surface area (Å²) in [7, 11) is 0. The van der Waals surface area contributed by atoms with Crippen LogP contribution in [0.15, 0.2) is 104 Å². The Balaban J connectivity index is 2.05. The third-order valence-corrected chi connectivity index (χ3v) is 5.09. The highest BCUT2D eigenvalue weighted by atomic mass is 16.3. The fourth-order valence-corrected chi connectivity index (χ4v) is 3.77. The number of hydrogen-bond acceptors (Lipinski definition) is 2. The Morgan fingerprint density at radius 1 is 0.778 bits per heavy atom. The Morgan fingerprint density at radius 3 is 1.74 bits per heavy atom. The average molecular weight is 354 g/mol. The summed E-state index contributed by atoms with van der Waals surface area (Å²) >= 11 is 0. The summed E-state index contributed by atoms with van der Waals surface area (Å²) in [6, 6.07) is 29.1. The maximum atomic E-state index is 9.92. The lowest BCUT2D eigenvalue weighted by molar-refractivity contribution is 0.199. The Hall–Kier alpha value is -3.17. The Bertz CT molecular complexity index is 936. The predicted octanol–water partition coefficient (Wildman–Crippen LogP) is 4.78. The molecule has 3 aromatic carbocycles. The van der Waals surface area contributed by atoms with E-state index >= 15 is 0 Å². The predicted molar refractivity (Wildman–Crippen MR) is 107 cm³/mol. The van der Waals surface area contributed by atoms with Crippen LogP contribution < -0.4 is 0 Å². The largest absolute Gasteiger partial charge is 0.389 e. The number of imidazole rings is 1. The van der Waals surface area contributed by atoms with Crippen molar-refractivity contribution in [3.8, 4) is 0 Å². The molecule has 0 aliphatic rings. The first-order chi connectivity index (χ1) is 13.2. The van der Waals surface area contributed by atoms with Gasteiger partial charge in [0.05, 0.1) is 12.4 Å². The zero-order valence-corrected chi connectivity index (χ0v) is 15.2. The van der Waals surface area contributed by atoms with E-state index in [-0.39, 0.29) is 0 Å². The molecule has 0 spiro atoms. The van der Waals surface area contributed by atoms with E-state index in [0.29, 0.717) is 0 Å². The molecule has 0 aliphatic carbocycles. The van der Waals surface area contributed by atoms with E-state index in [9.17, 15) is 5.11 Å². The first-order valence-corrected chi connectivity index (χ1v) is 9.11. The van der Waals surface area contributed by atoms with Crippen molar-refractivity contribution in [3.63, 3.8) is 0 Å². The van der Waals surface area contributed by atoms with Crippen LogP contribution in [0.3, 0.4) is 0 Å². The summed E-state index contributed by atoms with van der Waals surface area (Å²) in [5, 5.41) is 9.92. The van der Waals surface area contributed by atoms with Gasteiger partial charge in [-0.3, -0.25) is 0 Å². The molecule has 1 heterocycles. The normalized spacial score (nSPS) is 12.7. The van der Waals surface area contributed by atoms with Gasteiger partial charge in [-0.2, -0.15) is 0 Å². The second-order valence-electron chi connectivity index (χ2n) is 6.71. The third kappa shape index (κ3) is 2.96. The molecule has 1 N–H and O–H groups in total. The van der Waals surface area contributed by atoms with Gasteiger partial charge in [-0.05, 0) is 29.2 Å². The van der Waals surface area contributed by atoms with Gasteiger partial charge >= 0.3 is 0 Å². The highest BCUT2D eigenvalue weighted by Crippen LogP contribution is 2.40. The molecule has 134 valence electrons. The van der Waals surface area contributed by atoms with Gasteiger partial charge in [-0.1, -0.05) is 84.9 Å². The molecule has 0 fully saturated rings. The van der Waals surface area contributed by atoms with Crippen LogP contribution in [0.5, 0.6) is 0 Å². The number of aliphatic hydroxyl groups excluding tert-OH is 1. The summed E-state index contributed by atoms with van der Waals surface area (Å²) < 4.78 is 2.15. The molecule has 4 rings (SSSR count). The van der Waals surface area contributed by atoms with Gasteiger partial charge in [0.15, 0.2) is 0 Å². The van der Waals surface area contributed by atoms with Crippen LogP contribution >= 0.6 is 0 Å². The molecule has 1 unspecified atom stereocenters. The lowest BCUT2D eigenvalue weighted by atomic mass is 9.76. The lowest BCUT2D eigenvalue weighted by Gasteiger charge is -2.37.